The fraction of sp³-hybridized carbons (Fsp3) is 0.375. The topological polar surface area (TPSA) is 17.1 Å². The Bertz CT molecular complexity index is 240. The first-order valence-corrected chi connectivity index (χ1v) is 4.44. The number of rotatable bonds is 1. The van der Waals surface area contributed by atoms with Crippen LogP contribution in [0.15, 0.2) is 21.3 Å². The molecule has 0 saturated carbocycles. The highest BCUT2D eigenvalue weighted by molar-refractivity contribution is 14.1. The Kier molecular flexibility index (Phi) is 1.44. The average Bonchev–Trinajstić information content (AvgIpc) is 2.46. The summed E-state index contributed by atoms with van der Waals surface area (Å²) in [5.41, 5.74) is 1.02. The molecule has 52 valence electrons. The van der Waals surface area contributed by atoms with E-state index < -0.39 is 0 Å². The molecule has 2 rings (SSSR count). The Labute approximate surface area is 73.3 Å². The van der Waals surface area contributed by atoms with E-state index in [1.54, 1.807) is 0 Å². The highest BCUT2D eigenvalue weighted by atomic mass is 127. The third-order valence-corrected chi connectivity index (χ3v) is 3.63. The molecule has 0 N–H and O–H groups in total. The van der Waals surface area contributed by atoms with Crippen LogP contribution in [-0.2, 0) is 4.79 Å². The third-order valence-electron chi connectivity index (χ3n) is 2.21. The SMILES string of the molecule is O=CC1=C(I)C2C=C[C@H]1C2. The van der Waals surface area contributed by atoms with Crippen LogP contribution in [0, 0.1) is 11.8 Å². The van der Waals surface area contributed by atoms with Crippen LogP contribution in [0.2, 0.25) is 0 Å². The molecule has 1 nitrogen and oxygen atoms in total. The molecule has 2 atom stereocenters. The molecule has 0 heterocycles. The van der Waals surface area contributed by atoms with Gasteiger partial charge in [-0.3, -0.25) is 4.79 Å². The Hall–Kier alpha value is -0.120. The second-order valence-corrected chi connectivity index (χ2v) is 3.92. The van der Waals surface area contributed by atoms with Gasteiger partial charge in [0.2, 0.25) is 0 Å². The van der Waals surface area contributed by atoms with Gasteiger partial charge in [-0.1, -0.05) is 12.2 Å². The lowest BCUT2D eigenvalue weighted by Crippen LogP contribution is -1.95. The molecule has 0 amide bonds. The second-order valence-electron chi connectivity index (χ2n) is 2.75. The van der Waals surface area contributed by atoms with E-state index in [2.05, 4.69) is 34.7 Å². The molecule has 0 aromatic carbocycles. The maximum atomic E-state index is 10.5. The van der Waals surface area contributed by atoms with Crippen LogP contribution < -0.4 is 0 Å². The zero-order valence-corrected chi connectivity index (χ0v) is 7.54. The van der Waals surface area contributed by atoms with Gasteiger partial charge in [0.15, 0.2) is 0 Å². The van der Waals surface area contributed by atoms with E-state index in [9.17, 15) is 4.79 Å². The molecule has 0 radical (unpaired) electrons. The molecular formula is C8H7IO. The maximum absolute atomic E-state index is 10.5. The Morgan fingerprint density at radius 1 is 1.50 bits per heavy atom. The molecule has 0 aliphatic heterocycles. The first-order chi connectivity index (χ1) is 4.83. The lowest BCUT2D eigenvalue weighted by atomic mass is 10.1. The van der Waals surface area contributed by atoms with Gasteiger partial charge in [-0.25, -0.2) is 0 Å². The third kappa shape index (κ3) is 0.713. The molecule has 1 unspecified atom stereocenters. The summed E-state index contributed by atoms with van der Waals surface area (Å²) in [4.78, 5) is 10.5. The first kappa shape index (κ1) is 6.58. The number of hydrogen-bond acceptors (Lipinski definition) is 1. The molecule has 0 spiro atoms. The van der Waals surface area contributed by atoms with Crippen molar-refractivity contribution in [2.24, 2.45) is 11.8 Å². The summed E-state index contributed by atoms with van der Waals surface area (Å²) in [6, 6.07) is 0. The number of carbonyl (C=O) groups is 1. The fourth-order valence-electron chi connectivity index (χ4n) is 1.65. The van der Waals surface area contributed by atoms with E-state index in [1.807, 2.05) is 0 Å². The smallest absolute Gasteiger partial charge is 0.147 e. The molecule has 2 heteroatoms. The van der Waals surface area contributed by atoms with E-state index in [-0.39, 0.29) is 0 Å². The van der Waals surface area contributed by atoms with Crippen molar-refractivity contribution in [1.82, 2.24) is 0 Å². The van der Waals surface area contributed by atoms with Crippen LogP contribution in [0.3, 0.4) is 0 Å². The zero-order chi connectivity index (χ0) is 7.14. The van der Waals surface area contributed by atoms with E-state index in [0.717, 1.165) is 18.3 Å². The minimum absolute atomic E-state index is 0.453. The monoisotopic (exact) mass is 246 g/mol. The summed E-state index contributed by atoms with van der Waals surface area (Å²) < 4.78 is 1.26. The summed E-state index contributed by atoms with van der Waals surface area (Å²) in [5, 5.41) is 0. The predicted molar refractivity (Wildman–Crippen MR) is 47.8 cm³/mol. The minimum atomic E-state index is 0.453. The Morgan fingerprint density at radius 2 is 2.20 bits per heavy atom. The summed E-state index contributed by atoms with van der Waals surface area (Å²) in [6.07, 6.45) is 6.51. The van der Waals surface area contributed by atoms with Gasteiger partial charge in [0.05, 0.1) is 0 Å². The van der Waals surface area contributed by atoms with E-state index in [1.165, 1.54) is 3.58 Å². The minimum Gasteiger partial charge on any atom is -0.298 e. The van der Waals surface area contributed by atoms with Gasteiger partial charge < -0.3 is 0 Å². The van der Waals surface area contributed by atoms with Crippen molar-refractivity contribution in [3.05, 3.63) is 21.3 Å². The van der Waals surface area contributed by atoms with Crippen LogP contribution in [0.1, 0.15) is 6.42 Å². The van der Waals surface area contributed by atoms with Crippen molar-refractivity contribution >= 4 is 28.9 Å². The Balaban J connectivity index is 2.41. The van der Waals surface area contributed by atoms with Crippen molar-refractivity contribution < 1.29 is 4.79 Å². The Morgan fingerprint density at radius 3 is 2.60 bits per heavy atom. The lowest BCUT2D eigenvalue weighted by Gasteiger charge is -2.03. The van der Waals surface area contributed by atoms with Crippen LogP contribution in [0.5, 0.6) is 0 Å². The van der Waals surface area contributed by atoms with Gasteiger partial charge in [0, 0.05) is 21.0 Å². The highest BCUT2D eigenvalue weighted by Crippen LogP contribution is 2.45. The van der Waals surface area contributed by atoms with Gasteiger partial charge >= 0.3 is 0 Å². The molecule has 0 aromatic rings. The first-order valence-electron chi connectivity index (χ1n) is 3.36. The molecular weight excluding hydrogens is 239 g/mol. The summed E-state index contributed by atoms with van der Waals surface area (Å²) in [5.74, 6) is 1.03. The van der Waals surface area contributed by atoms with E-state index in [0.29, 0.717) is 11.8 Å². The fourth-order valence-corrected chi connectivity index (χ4v) is 2.64. The van der Waals surface area contributed by atoms with Gasteiger partial charge in [0.25, 0.3) is 0 Å². The summed E-state index contributed by atoms with van der Waals surface area (Å²) in [7, 11) is 0. The predicted octanol–water partition coefficient (Wildman–Crippen LogP) is 2.08. The van der Waals surface area contributed by atoms with Crippen LogP contribution >= 0.6 is 22.6 Å². The molecule has 0 saturated heterocycles. The normalized spacial score (nSPS) is 35.7. The molecule has 0 fully saturated rings. The van der Waals surface area contributed by atoms with Gasteiger partial charge in [0.1, 0.15) is 6.29 Å². The molecule has 0 aromatic heterocycles. The van der Waals surface area contributed by atoms with Crippen molar-refractivity contribution in [2.75, 3.05) is 0 Å². The number of halogens is 1. The summed E-state index contributed by atoms with van der Waals surface area (Å²) in [6.45, 7) is 0. The van der Waals surface area contributed by atoms with Gasteiger partial charge in [-0.05, 0) is 29.0 Å². The summed E-state index contributed by atoms with van der Waals surface area (Å²) >= 11 is 2.28. The van der Waals surface area contributed by atoms with Gasteiger partial charge in [-0.15, -0.1) is 0 Å². The number of allylic oxidation sites excluding steroid dienone is 4. The van der Waals surface area contributed by atoms with E-state index in [4.69, 9.17) is 0 Å². The average molecular weight is 246 g/mol. The van der Waals surface area contributed by atoms with Crippen LogP contribution in [0.25, 0.3) is 0 Å². The lowest BCUT2D eigenvalue weighted by molar-refractivity contribution is -0.105. The second kappa shape index (κ2) is 2.19. The quantitative estimate of drug-likeness (QED) is 0.393. The number of carbonyl (C=O) groups excluding carboxylic acids is 1. The van der Waals surface area contributed by atoms with Crippen molar-refractivity contribution in [2.45, 2.75) is 6.42 Å². The highest BCUT2D eigenvalue weighted by Gasteiger charge is 2.33. The van der Waals surface area contributed by atoms with E-state index >= 15 is 0 Å². The van der Waals surface area contributed by atoms with Gasteiger partial charge in [-0.2, -0.15) is 0 Å². The standard InChI is InChI=1S/C8H7IO/c9-8-6-2-1-5(3-6)7(8)4-10/h1-2,4-6H,3H2/t5-,6?/m0/s1. The maximum Gasteiger partial charge on any atom is 0.147 e. The number of aldehydes is 1. The number of fused-ring (bicyclic) bond motifs is 2. The molecule has 2 aliphatic rings. The van der Waals surface area contributed by atoms with Crippen LogP contribution in [0.4, 0.5) is 0 Å². The molecule has 2 bridgehead atoms. The van der Waals surface area contributed by atoms with Crippen LogP contribution in [-0.4, -0.2) is 6.29 Å². The van der Waals surface area contributed by atoms with Crippen molar-refractivity contribution in [3.63, 3.8) is 0 Å². The van der Waals surface area contributed by atoms with Crippen molar-refractivity contribution in [1.29, 1.82) is 0 Å². The largest absolute Gasteiger partial charge is 0.298 e. The number of hydrogen-bond donors (Lipinski definition) is 0. The molecule has 2 aliphatic carbocycles. The zero-order valence-electron chi connectivity index (χ0n) is 5.38. The van der Waals surface area contributed by atoms with Crippen molar-refractivity contribution in [3.8, 4) is 0 Å². The molecule has 10 heavy (non-hydrogen) atoms.